The van der Waals surface area contributed by atoms with Crippen LogP contribution in [0.5, 0.6) is 5.75 Å². The highest BCUT2D eigenvalue weighted by atomic mass is 79.9. The van der Waals surface area contributed by atoms with Crippen LogP contribution in [0.4, 0.5) is 0 Å². The van der Waals surface area contributed by atoms with E-state index >= 15 is 0 Å². The number of carbonyl (C=O) groups excluding carboxylic acids is 1. The van der Waals surface area contributed by atoms with Gasteiger partial charge in [-0.1, -0.05) is 22.0 Å². The zero-order chi connectivity index (χ0) is 13.0. The van der Waals surface area contributed by atoms with Crippen LogP contribution in [0.3, 0.4) is 0 Å². The fourth-order valence-electron chi connectivity index (χ4n) is 1.89. The number of hydrogen-bond acceptors (Lipinski definition) is 3. The van der Waals surface area contributed by atoms with E-state index in [1.165, 1.54) is 0 Å². The molecule has 0 radical (unpaired) electrons. The summed E-state index contributed by atoms with van der Waals surface area (Å²) in [6, 6.07) is 7.71. The molecule has 5 heteroatoms. The normalized spacial score (nSPS) is 20.4. The van der Waals surface area contributed by atoms with Crippen LogP contribution in [-0.4, -0.2) is 31.1 Å². The molecule has 1 saturated heterocycles. The summed E-state index contributed by atoms with van der Waals surface area (Å²) in [5, 5.41) is 6.19. The van der Waals surface area contributed by atoms with Crippen LogP contribution in [0.15, 0.2) is 28.7 Å². The molecule has 2 N–H and O–H groups in total. The second-order valence-corrected chi connectivity index (χ2v) is 5.33. The molecule has 1 aromatic rings. The van der Waals surface area contributed by atoms with E-state index in [0.29, 0.717) is 5.75 Å². The Kier molecular flexibility index (Phi) is 4.60. The Hall–Kier alpha value is -1.07. The summed E-state index contributed by atoms with van der Waals surface area (Å²) in [4.78, 5) is 11.9. The molecule has 98 valence electrons. The number of hydrogen-bond donors (Lipinski definition) is 2. The third kappa shape index (κ3) is 3.71. The fraction of sp³-hybridized carbons (Fsp3) is 0.462. The van der Waals surface area contributed by atoms with Gasteiger partial charge in [-0.25, -0.2) is 0 Å². The van der Waals surface area contributed by atoms with E-state index in [2.05, 4.69) is 26.6 Å². The van der Waals surface area contributed by atoms with E-state index in [1.54, 1.807) is 6.92 Å². The zero-order valence-corrected chi connectivity index (χ0v) is 11.9. The van der Waals surface area contributed by atoms with Crippen molar-refractivity contribution in [1.29, 1.82) is 0 Å². The van der Waals surface area contributed by atoms with Crippen LogP contribution < -0.4 is 15.4 Å². The fourth-order valence-corrected chi connectivity index (χ4v) is 2.27. The van der Waals surface area contributed by atoms with Crippen LogP contribution in [0.2, 0.25) is 0 Å². The average molecular weight is 313 g/mol. The van der Waals surface area contributed by atoms with Gasteiger partial charge in [0, 0.05) is 17.1 Å². The molecular formula is C13H17BrN2O2. The lowest BCUT2D eigenvalue weighted by Crippen LogP contribution is -2.43. The van der Waals surface area contributed by atoms with E-state index < -0.39 is 6.10 Å². The minimum atomic E-state index is -0.486. The number of benzene rings is 1. The molecule has 2 unspecified atom stereocenters. The van der Waals surface area contributed by atoms with E-state index in [9.17, 15) is 4.79 Å². The van der Waals surface area contributed by atoms with Gasteiger partial charge < -0.3 is 15.4 Å². The first-order chi connectivity index (χ1) is 8.65. The molecule has 1 aliphatic heterocycles. The number of rotatable bonds is 4. The van der Waals surface area contributed by atoms with Gasteiger partial charge in [-0.05, 0) is 38.1 Å². The highest BCUT2D eigenvalue weighted by Gasteiger charge is 2.21. The van der Waals surface area contributed by atoms with Crippen molar-refractivity contribution >= 4 is 21.8 Å². The summed E-state index contributed by atoms with van der Waals surface area (Å²) >= 11 is 3.37. The second kappa shape index (κ2) is 6.20. The van der Waals surface area contributed by atoms with Crippen molar-refractivity contribution in [2.24, 2.45) is 0 Å². The third-order valence-electron chi connectivity index (χ3n) is 2.88. The molecule has 0 aromatic heterocycles. The van der Waals surface area contributed by atoms with Gasteiger partial charge in [0.2, 0.25) is 0 Å². The van der Waals surface area contributed by atoms with Crippen molar-refractivity contribution in [2.45, 2.75) is 25.5 Å². The maximum absolute atomic E-state index is 11.9. The molecule has 1 fully saturated rings. The highest BCUT2D eigenvalue weighted by molar-refractivity contribution is 9.10. The number of ether oxygens (including phenoxy) is 1. The number of nitrogens with one attached hydrogen (secondary N) is 2. The summed E-state index contributed by atoms with van der Waals surface area (Å²) in [5.41, 5.74) is 0. The maximum Gasteiger partial charge on any atom is 0.261 e. The van der Waals surface area contributed by atoms with E-state index in [-0.39, 0.29) is 11.9 Å². The molecular weight excluding hydrogens is 296 g/mol. The Morgan fingerprint density at radius 1 is 1.61 bits per heavy atom. The second-order valence-electron chi connectivity index (χ2n) is 4.42. The van der Waals surface area contributed by atoms with Gasteiger partial charge >= 0.3 is 0 Å². The average Bonchev–Trinajstić information content (AvgIpc) is 2.81. The lowest BCUT2D eigenvalue weighted by molar-refractivity contribution is -0.127. The predicted octanol–water partition coefficient (Wildman–Crippen LogP) is 1.69. The summed E-state index contributed by atoms with van der Waals surface area (Å²) in [7, 11) is 0. The Labute approximate surface area is 115 Å². The van der Waals surface area contributed by atoms with Crippen molar-refractivity contribution in [3.8, 4) is 5.75 Å². The first-order valence-corrected chi connectivity index (χ1v) is 6.88. The monoisotopic (exact) mass is 312 g/mol. The molecule has 0 spiro atoms. The van der Waals surface area contributed by atoms with Crippen LogP contribution >= 0.6 is 15.9 Å². The lowest BCUT2D eigenvalue weighted by atomic mass is 10.2. The minimum Gasteiger partial charge on any atom is -0.481 e. The quantitative estimate of drug-likeness (QED) is 0.889. The van der Waals surface area contributed by atoms with Crippen molar-refractivity contribution in [3.63, 3.8) is 0 Å². The molecule has 0 aliphatic carbocycles. The number of halogens is 1. The first-order valence-electron chi connectivity index (χ1n) is 6.08. The van der Waals surface area contributed by atoms with Gasteiger partial charge in [-0.3, -0.25) is 4.79 Å². The topological polar surface area (TPSA) is 50.4 Å². The highest BCUT2D eigenvalue weighted by Crippen LogP contribution is 2.18. The van der Waals surface area contributed by atoms with Gasteiger partial charge in [-0.15, -0.1) is 0 Å². The number of amides is 1. The Balaban J connectivity index is 1.86. The van der Waals surface area contributed by atoms with Crippen molar-refractivity contribution in [3.05, 3.63) is 28.7 Å². The van der Waals surface area contributed by atoms with E-state index in [0.717, 1.165) is 24.0 Å². The minimum absolute atomic E-state index is 0.0660. The first kappa shape index (κ1) is 13.4. The van der Waals surface area contributed by atoms with Gasteiger partial charge in [0.25, 0.3) is 5.91 Å². The molecule has 2 atom stereocenters. The Morgan fingerprint density at radius 2 is 2.44 bits per heavy atom. The van der Waals surface area contributed by atoms with E-state index in [4.69, 9.17) is 4.74 Å². The largest absolute Gasteiger partial charge is 0.481 e. The summed E-state index contributed by atoms with van der Waals surface area (Å²) in [5.74, 6) is 0.625. The molecule has 2 rings (SSSR count). The molecule has 4 nitrogen and oxygen atoms in total. The number of carbonyl (C=O) groups is 1. The smallest absolute Gasteiger partial charge is 0.261 e. The predicted molar refractivity (Wildman–Crippen MR) is 73.6 cm³/mol. The molecule has 1 heterocycles. The summed E-state index contributed by atoms with van der Waals surface area (Å²) < 4.78 is 6.54. The standard InChI is InChI=1S/C13H17BrN2O2/c1-9(13(17)16-11-5-6-15-8-11)18-12-4-2-3-10(14)7-12/h2-4,7,9,11,15H,5-6,8H2,1H3,(H,16,17). The summed E-state index contributed by atoms with van der Waals surface area (Å²) in [6.45, 7) is 3.57. The van der Waals surface area contributed by atoms with Crippen LogP contribution in [0.1, 0.15) is 13.3 Å². The van der Waals surface area contributed by atoms with E-state index in [1.807, 2.05) is 24.3 Å². The van der Waals surface area contributed by atoms with Crippen molar-refractivity contribution < 1.29 is 9.53 Å². The van der Waals surface area contributed by atoms with Crippen LogP contribution in [0, 0.1) is 0 Å². The Bertz CT molecular complexity index is 419. The van der Waals surface area contributed by atoms with Gasteiger partial charge in [0.1, 0.15) is 5.75 Å². The molecule has 0 saturated carbocycles. The molecule has 1 aliphatic rings. The molecule has 1 aromatic carbocycles. The zero-order valence-electron chi connectivity index (χ0n) is 10.3. The van der Waals surface area contributed by atoms with Crippen LogP contribution in [0.25, 0.3) is 0 Å². The van der Waals surface area contributed by atoms with Crippen molar-refractivity contribution in [2.75, 3.05) is 13.1 Å². The third-order valence-corrected chi connectivity index (χ3v) is 3.38. The van der Waals surface area contributed by atoms with Gasteiger partial charge in [0.05, 0.1) is 0 Å². The SMILES string of the molecule is CC(Oc1cccc(Br)c1)C(=O)NC1CCNC1. The Morgan fingerprint density at radius 3 is 3.11 bits per heavy atom. The molecule has 18 heavy (non-hydrogen) atoms. The maximum atomic E-state index is 11.9. The van der Waals surface area contributed by atoms with Gasteiger partial charge in [-0.2, -0.15) is 0 Å². The lowest BCUT2D eigenvalue weighted by Gasteiger charge is -2.17. The molecule has 1 amide bonds. The van der Waals surface area contributed by atoms with Crippen molar-refractivity contribution in [1.82, 2.24) is 10.6 Å². The summed E-state index contributed by atoms with van der Waals surface area (Å²) in [6.07, 6.45) is 0.495. The van der Waals surface area contributed by atoms with Crippen LogP contribution in [-0.2, 0) is 4.79 Å². The molecule has 0 bridgehead atoms. The van der Waals surface area contributed by atoms with Gasteiger partial charge in [0.15, 0.2) is 6.10 Å².